The van der Waals surface area contributed by atoms with Crippen LogP contribution in [-0.4, -0.2) is 67.3 Å². The number of nitrogens with one attached hydrogen (secondary N) is 1. The van der Waals surface area contributed by atoms with E-state index in [2.05, 4.69) is 5.32 Å². The molecule has 9 nitrogen and oxygen atoms in total. The van der Waals surface area contributed by atoms with Gasteiger partial charge in [0.1, 0.15) is 0 Å². The largest absolute Gasteiger partial charge is 0.504 e. The van der Waals surface area contributed by atoms with Gasteiger partial charge >= 0.3 is 0 Å². The Morgan fingerprint density at radius 1 is 0.861 bits per heavy atom. The lowest BCUT2D eigenvalue weighted by Crippen LogP contribution is -2.35. The van der Waals surface area contributed by atoms with Crippen molar-refractivity contribution in [3.8, 4) is 23.0 Å². The van der Waals surface area contributed by atoms with Crippen LogP contribution in [0.5, 0.6) is 23.0 Å². The van der Waals surface area contributed by atoms with Gasteiger partial charge < -0.3 is 30.7 Å². The number of rotatable bonds is 14. The molecule has 0 heterocycles. The highest BCUT2D eigenvalue weighted by atomic mass is 16.5. The van der Waals surface area contributed by atoms with Gasteiger partial charge in [-0.15, -0.1) is 0 Å². The van der Waals surface area contributed by atoms with E-state index in [4.69, 9.17) is 15.2 Å². The molecule has 0 saturated heterocycles. The van der Waals surface area contributed by atoms with Gasteiger partial charge in [-0.05, 0) is 86.4 Å². The number of aromatic hydroxyl groups is 2. The maximum Gasteiger partial charge on any atom is 0.253 e. The zero-order chi connectivity index (χ0) is 26.3. The summed E-state index contributed by atoms with van der Waals surface area (Å²) < 4.78 is 10.2. The Kier molecular flexibility index (Phi) is 12.0. The van der Waals surface area contributed by atoms with Gasteiger partial charge in [0, 0.05) is 18.7 Å². The van der Waals surface area contributed by atoms with Crippen molar-refractivity contribution in [3.63, 3.8) is 0 Å². The Bertz CT molecular complexity index is 992. The number of imide groups is 1. The summed E-state index contributed by atoms with van der Waals surface area (Å²) in [4.78, 5) is 27.1. The van der Waals surface area contributed by atoms with Crippen molar-refractivity contribution in [1.29, 1.82) is 0 Å². The molecule has 0 bridgehead atoms. The van der Waals surface area contributed by atoms with Crippen molar-refractivity contribution in [2.24, 2.45) is 5.73 Å². The fourth-order valence-corrected chi connectivity index (χ4v) is 3.31. The molecule has 2 rings (SSSR count). The number of phenolic OH excluding ortho intramolecular Hbond substituents is 2. The number of unbranched alkanes of at least 4 members (excludes halogenated alkanes) is 1. The summed E-state index contributed by atoms with van der Waals surface area (Å²) in [6.45, 7) is 2.48. The van der Waals surface area contributed by atoms with E-state index in [1.165, 1.54) is 43.4 Å². The molecule has 0 saturated carbocycles. The molecule has 36 heavy (non-hydrogen) atoms. The molecular weight excluding hydrogens is 462 g/mol. The van der Waals surface area contributed by atoms with E-state index in [1.807, 2.05) is 0 Å². The minimum atomic E-state index is -0.462. The number of nitrogens with two attached hydrogens (primary N) is 1. The van der Waals surface area contributed by atoms with Gasteiger partial charge in [0.05, 0.1) is 14.2 Å². The molecule has 0 aromatic heterocycles. The first-order valence-corrected chi connectivity index (χ1v) is 11.8. The fraction of sp³-hybridized carbons (Fsp3) is 0.333. The smallest absolute Gasteiger partial charge is 0.253 e. The van der Waals surface area contributed by atoms with Crippen LogP contribution in [0, 0.1) is 0 Å². The van der Waals surface area contributed by atoms with Crippen LogP contribution < -0.4 is 20.5 Å². The Morgan fingerprint density at radius 3 is 1.83 bits per heavy atom. The molecule has 2 aromatic rings. The first-order chi connectivity index (χ1) is 17.4. The van der Waals surface area contributed by atoms with Crippen molar-refractivity contribution in [1.82, 2.24) is 10.2 Å². The third-order valence-corrected chi connectivity index (χ3v) is 5.32. The van der Waals surface area contributed by atoms with Crippen LogP contribution >= 0.6 is 0 Å². The second kappa shape index (κ2) is 15.2. The monoisotopic (exact) mass is 497 g/mol. The summed E-state index contributed by atoms with van der Waals surface area (Å²) in [6.07, 6.45) is 8.08. The Hall–Kier alpha value is -3.82. The maximum atomic E-state index is 13.0. The predicted molar refractivity (Wildman–Crippen MR) is 140 cm³/mol. The standard InChI is InChI=1S/C27H35N3O6/c1-35-24-18-20(6-10-22(24)31)8-12-26(33)30(17-4-3-15-29-16-5-14-28)27(34)13-9-21-7-11-23(32)25(19-21)36-2/h6-13,18-19,29,31-32H,3-5,14-17,28H2,1-2H3. The summed E-state index contributed by atoms with van der Waals surface area (Å²) in [7, 11) is 2.88. The molecule has 9 heteroatoms. The second-order valence-corrected chi connectivity index (χ2v) is 7.96. The van der Waals surface area contributed by atoms with Gasteiger partial charge in [0.25, 0.3) is 11.8 Å². The number of carbonyl (C=O) groups is 2. The van der Waals surface area contributed by atoms with Crippen LogP contribution in [0.1, 0.15) is 30.4 Å². The number of amides is 2. The van der Waals surface area contributed by atoms with Crippen LogP contribution in [0.2, 0.25) is 0 Å². The zero-order valence-corrected chi connectivity index (χ0v) is 20.8. The second-order valence-electron chi connectivity index (χ2n) is 7.96. The SMILES string of the molecule is COc1cc(C=CC(=O)N(CCCCNCCCN)C(=O)C=Cc2ccc(O)c(OC)c2)ccc1O. The Labute approximate surface area is 211 Å². The lowest BCUT2D eigenvalue weighted by molar-refractivity contribution is -0.138. The van der Waals surface area contributed by atoms with Gasteiger partial charge in [-0.1, -0.05) is 12.1 Å². The summed E-state index contributed by atoms with van der Waals surface area (Å²) >= 11 is 0. The molecule has 0 aliphatic carbocycles. The average Bonchev–Trinajstić information content (AvgIpc) is 2.89. The van der Waals surface area contributed by atoms with E-state index < -0.39 is 11.8 Å². The molecule has 2 amide bonds. The quantitative estimate of drug-likeness (QED) is 0.231. The van der Waals surface area contributed by atoms with Crippen molar-refractivity contribution in [3.05, 3.63) is 59.7 Å². The predicted octanol–water partition coefficient (Wildman–Crippen LogP) is 2.92. The number of ether oxygens (including phenoxy) is 2. The number of methoxy groups -OCH3 is 2. The normalized spacial score (nSPS) is 11.2. The first-order valence-electron chi connectivity index (χ1n) is 11.8. The van der Waals surface area contributed by atoms with Gasteiger partial charge in [-0.2, -0.15) is 0 Å². The van der Waals surface area contributed by atoms with Crippen LogP contribution in [0.4, 0.5) is 0 Å². The minimum absolute atomic E-state index is 0.00569. The van der Waals surface area contributed by atoms with Gasteiger partial charge in [-0.25, -0.2) is 0 Å². The number of benzene rings is 2. The van der Waals surface area contributed by atoms with Crippen molar-refractivity contribution < 1.29 is 29.3 Å². The molecule has 2 aromatic carbocycles. The molecule has 194 valence electrons. The zero-order valence-electron chi connectivity index (χ0n) is 20.8. The number of hydrogen-bond acceptors (Lipinski definition) is 8. The molecule has 0 aliphatic heterocycles. The number of nitrogens with zero attached hydrogens (tertiary/aromatic N) is 1. The molecule has 0 spiro atoms. The Morgan fingerprint density at radius 2 is 1.36 bits per heavy atom. The molecule has 0 fully saturated rings. The van der Waals surface area contributed by atoms with Crippen molar-refractivity contribution >= 4 is 24.0 Å². The van der Waals surface area contributed by atoms with Crippen LogP contribution in [-0.2, 0) is 9.59 Å². The molecule has 0 aliphatic rings. The first kappa shape index (κ1) is 28.4. The van der Waals surface area contributed by atoms with E-state index in [-0.39, 0.29) is 29.5 Å². The highest BCUT2D eigenvalue weighted by molar-refractivity contribution is 6.07. The molecule has 0 unspecified atom stereocenters. The van der Waals surface area contributed by atoms with Crippen LogP contribution in [0.3, 0.4) is 0 Å². The third-order valence-electron chi connectivity index (χ3n) is 5.32. The lowest BCUT2D eigenvalue weighted by atomic mass is 10.1. The van der Waals surface area contributed by atoms with Gasteiger partial charge in [0.2, 0.25) is 0 Å². The fourth-order valence-electron chi connectivity index (χ4n) is 3.31. The molecular formula is C27H35N3O6. The minimum Gasteiger partial charge on any atom is -0.504 e. The summed E-state index contributed by atoms with van der Waals surface area (Å²) in [5.74, 6) is -0.367. The average molecular weight is 498 g/mol. The molecule has 0 atom stereocenters. The van der Waals surface area contributed by atoms with E-state index >= 15 is 0 Å². The van der Waals surface area contributed by atoms with E-state index in [1.54, 1.807) is 36.4 Å². The number of hydrogen-bond donors (Lipinski definition) is 4. The maximum absolute atomic E-state index is 13.0. The van der Waals surface area contributed by atoms with Gasteiger partial charge in [0.15, 0.2) is 23.0 Å². The van der Waals surface area contributed by atoms with E-state index in [0.29, 0.717) is 24.1 Å². The summed E-state index contributed by atoms with van der Waals surface area (Å²) in [5, 5.41) is 22.8. The number of carbonyl (C=O) groups excluding carboxylic acids is 2. The molecule has 5 N–H and O–H groups in total. The van der Waals surface area contributed by atoms with Crippen LogP contribution in [0.25, 0.3) is 12.2 Å². The van der Waals surface area contributed by atoms with Crippen LogP contribution in [0.15, 0.2) is 48.6 Å². The highest BCUT2D eigenvalue weighted by Crippen LogP contribution is 2.27. The van der Waals surface area contributed by atoms with Crippen molar-refractivity contribution in [2.75, 3.05) is 40.4 Å². The van der Waals surface area contributed by atoms with E-state index in [9.17, 15) is 19.8 Å². The topological polar surface area (TPSA) is 134 Å². The summed E-state index contributed by atoms with van der Waals surface area (Å²) in [6, 6.07) is 9.40. The summed E-state index contributed by atoms with van der Waals surface area (Å²) in [5.41, 5.74) is 6.77. The third kappa shape index (κ3) is 9.09. The highest BCUT2D eigenvalue weighted by Gasteiger charge is 2.17. The lowest BCUT2D eigenvalue weighted by Gasteiger charge is -2.18. The number of phenols is 2. The van der Waals surface area contributed by atoms with Crippen molar-refractivity contribution in [2.45, 2.75) is 19.3 Å². The molecule has 0 radical (unpaired) electrons. The van der Waals surface area contributed by atoms with Gasteiger partial charge in [-0.3, -0.25) is 14.5 Å². The van der Waals surface area contributed by atoms with E-state index in [0.717, 1.165) is 25.9 Å². The Balaban J connectivity index is 2.12.